The van der Waals surface area contributed by atoms with E-state index in [9.17, 15) is 13.2 Å². The number of esters is 1. The van der Waals surface area contributed by atoms with E-state index in [1.807, 2.05) is 30.3 Å². The van der Waals surface area contributed by atoms with E-state index in [4.69, 9.17) is 25.6 Å². The number of rotatable bonds is 12. The van der Waals surface area contributed by atoms with E-state index in [-0.39, 0.29) is 17.3 Å². The number of amidine groups is 1. The predicted octanol–water partition coefficient (Wildman–Crippen LogP) is 3.00. The minimum atomic E-state index is -4.07. The van der Waals surface area contributed by atoms with Crippen molar-refractivity contribution >= 4 is 38.5 Å². The van der Waals surface area contributed by atoms with Gasteiger partial charge in [0, 0.05) is 38.2 Å². The van der Waals surface area contributed by atoms with Gasteiger partial charge in [-0.25, -0.2) is 13.4 Å². The summed E-state index contributed by atoms with van der Waals surface area (Å²) in [6, 6.07) is 20.8. The van der Waals surface area contributed by atoms with Gasteiger partial charge < -0.3 is 19.8 Å². The molecule has 0 amide bonds. The Balaban J connectivity index is 1.53. The van der Waals surface area contributed by atoms with Crippen molar-refractivity contribution in [1.29, 1.82) is 5.41 Å². The molecule has 0 aliphatic carbocycles. The fourth-order valence-electron chi connectivity index (χ4n) is 5.12. The van der Waals surface area contributed by atoms with Gasteiger partial charge in [0.1, 0.15) is 18.2 Å². The van der Waals surface area contributed by atoms with Crippen LogP contribution >= 0.6 is 0 Å². The van der Waals surface area contributed by atoms with E-state index >= 15 is 0 Å². The van der Waals surface area contributed by atoms with Gasteiger partial charge in [-0.1, -0.05) is 42.5 Å². The monoisotopic (exact) mass is 604 g/mol. The Morgan fingerprint density at radius 1 is 1.05 bits per heavy atom. The summed E-state index contributed by atoms with van der Waals surface area (Å²) in [6.45, 7) is 5.97. The van der Waals surface area contributed by atoms with Crippen LogP contribution in [0.5, 0.6) is 0 Å². The van der Waals surface area contributed by atoms with Crippen LogP contribution in [0.1, 0.15) is 23.9 Å². The predicted molar refractivity (Wildman–Crippen MR) is 165 cm³/mol. The van der Waals surface area contributed by atoms with E-state index < -0.39 is 22.5 Å². The maximum Gasteiger partial charge on any atom is 0.326 e. The second-order valence-corrected chi connectivity index (χ2v) is 12.1. The van der Waals surface area contributed by atoms with Gasteiger partial charge in [0.25, 0.3) is 10.0 Å². The molecule has 12 heteroatoms. The Kier molecular flexibility index (Phi) is 9.39. The number of carbonyl (C=O) groups is 1. The lowest BCUT2D eigenvalue weighted by Gasteiger charge is -2.27. The smallest absolute Gasteiger partial charge is 0.326 e. The van der Waals surface area contributed by atoms with Crippen LogP contribution in [0.2, 0.25) is 0 Å². The second kappa shape index (κ2) is 13.4. The van der Waals surface area contributed by atoms with Gasteiger partial charge >= 0.3 is 5.97 Å². The fourth-order valence-corrected chi connectivity index (χ4v) is 6.54. The van der Waals surface area contributed by atoms with Crippen LogP contribution in [0.4, 0.5) is 5.69 Å². The summed E-state index contributed by atoms with van der Waals surface area (Å²) in [4.78, 5) is 19.9. The van der Waals surface area contributed by atoms with Crippen LogP contribution in [0.3, 0.4) is 0 Å². The van der Waals surface area contributed by atoms with Crippen LogP contribution in [-0.4, -0.2) is 80.7 Å². The maximum atomic E-state index is 13.7. The van der Waals surface area contributed by atoms with Crippen LogP contribution in [-0.2, 0) is 37.3 Å². The molecule has 0 saturated carbocycles. The van der Waals surface area contributed by atoms with E-state index in [0.29, 0.717) is 42.9 Å². The van der Waals surface area contributed by atoms with Crippen LogP contribution in [0, 0.1) is 5.41 Å². The quantitative estimate of drug-likeness (QED) is 0.143. The maximum absolute atomic E-state index is 13.7. The topological polar surface area (TPSA) is 144 Å². The first-order valence-corrected chi connectivity index (χ1v) is 15.7. The number of imidazole rings is 1. The van der Waals surface area contributed by atoms with Crippen molar-refractivity contribution in [2.24, 2.45) is 5.73 Å². The molecule has 1 fully saturated rings. The number of nitrogens with two attached hydrogens (primary N) is 1. The Hall–Kier alpha value is -4.26. The lowest BCUT2D eigenvalue weighted by molar-refractivity contribution is -0.141. The van der Waals surface area contributed by atoms with E-state index in [1.54, 1.807) is 37.3 Å². The summed E-state index contributed by atoms with van der Waals surface area (Å²) >= 11 is 0. The molecule has 5 rings (SSSR count). The summed E-state index contributed by atoms with van der Waals surface area (Å²) in [5.41, 5.74) is 9.08. The van der Waals surface area contributed by atoms with Gasteiger partial charge in [-0.15, -0.1) is 0 Å². The summed E-state index contributed by atoms with van der Waals surface area (Å²) in [5.74, 6) is 0.182. The molecule has 1 saturated heterocycles. The average Bonchev–Trinajstić information content (AvgIpc) is 3.36. The van der Waals surface area contributed by atoms with Crippen LogP contribution in [0.25, 0.3) is 11.0 Å². The minimum absolute atomic E-state index is 0.00894. The third-order valence-corrected chi connectivity index (χ3v) is 9.17. The normalized spacial score (nSPS) is 14.1. The second-order valence-electron chi connectivity index (χ2n) is 10.2. The first kappa shape index (κ1) is 30.2. The largest absolute Gasteiger partial charge is 0.465 e. The zero-order valence-electron chi connectivity index (χ0n) is 24.1. The first-order valence-electron chi connectivity index (χ1n) is 14.2. The number of nitrogens with one attached hydrogen (secondary N) is 1. The number of fused-ring (bicyclic) bond motifs is 1. The molecule has 3 aromatic carbocycles. The lowest BCUT2D eigenvalue weighted by atomic mass is 10.1. The highest BCUT2D eigenvalue weighted by Gasteiger charge is 2.28. The third-order valence-electron chi connectivity index (χ3n) is 7.38. The number of hydrogen-bond acceptors (Lipinski definition) is 8. The summed E-state index contributed by atoms with van der Waals surface area (Å²) < 4.78 is 41.3. The SMILES string of the molecule is CCOC(=O)CN(c1ccc2c(c1)nc(Cc1ccc(C(=N)N)cc1)n2CCN1CCOCC1)S(=O)(=O)c1ccccc1. The summed E-state index contributed by atoms with van der Waals surface area (Å²) in [7, 11) is -4.07. The van der Waals surface area contributed by atoms with Gasteiger partial charge in [0.05, 0.1) is 41.4 Å². The molecule has 43 heavy (non-hydrogen) atoms. The Morgan fingerprint density at radius 2 is 1.77 bits per heavy atom. The molecular formula is C31H36N6O5S. The number of hydrogen-bond donors (Lipinski definition) is 2. The van der Waals surface area contributed by atoms with Crippen molar-refractivity contribution in [2.75, 3.05) is 50.3 Å². The number of morpholine rings is 1. The van der Waals surface area contributed by atoms with Crippen molar-refractivity contribution < 1.29 is 22.7 Å². The molecule has 0 spiro atoms. The number of ether oxygens (including phenoxy) is 2. The number of sulfonamides is 1. The van der Waals surface area contributed by atoms with Gasteiger partial charge in [0.15, 0.2) is 0 Å². The molecule has 1 aromatic heterocycles. The first-order chi connectivity index (χ1) is 20.8. The van der Waals surface area contributed by atoms with E-state index in [0.717, 1.165) is 40.8 Å². The van der Waals surface area contributed by atoms with Gasteiger partial charge in [-0.3, -0.25) is 19.4 Å². The number of anilines is 1. The zero-order valence-corrected chi connectivity index (χ0v) is 24.9. The number of benzene rings is 3. The van der Waals surface area contributed by atoms with Crippen LogP contribution in [0.15, 0.2) is 77.7 Å². The lowest BCUT2D eigenvalue weighted by Crippen LogP contribution is -2.38. The van der Waals surface area contributed by atoms with Gasteiger partial charge in [-0.2, -0.15) is 0 Å². The Labute approximate surface area is 251 Å². The average molecular weight is 605 g/mol. The van der Waals surface area contributed by atoms with Gasteiger partial charge in [0.2, 0.25) is 0 Å². The molecule has 1 aliphatic rings. The minimum Gasteiger partial charge on any atom is -0.465 e. The number of aromatic nitrogens is 2. The highest BCUT2D eigenvalue weighted by atomic mass is 32.2. The summed E-state index contributed by atoms with van der Waals surface area (Å²) in [5, 5.41) is 7.68. The van der Waals surface area contributed by atoms with Gasteiger partial charge in [-0.05, 0) is 42.8 Å². The molecule has 0 radical (unpaired) electrons. The van der Waals surface area contributed by atoms with Crippen molar-refractivity contribution in [2.45, 2.75) is 24.8 Å². The molecular weight excluding hydrogens is 568 g/mol. The van der Waals surface area contributed by atoms with Crippen molar-refractivity contribution in [1.82, 2.24) is 14.5 Å². The standard InChI is InChI=1S/C31H36N6O5S/c1-2-42-30(38)22-37(43(39,40)26-6-4-3-5-7-26)25-12-13-28-27(21-25)34-29(20-23-8-10-24(11-9-23)31(32)33)36(28)15-14-35-16-18-41-19-17-35/h3-13,21H,2,14-20,22H2,1H3,(H3,32,33). The van der Waals surface area contributed by atoms with E-state index in [2.05, 4.69) is 9.47 Å². The Morgan fingerprint density at radius 3 is 2.44 bits per heavy atom. The third kappa shape index (κ3) is 7.04. The highest BCUT2D eigenvalue weighted by Crippen LogP contribution is 2.29. The van der Waals surface area contributed by atoms with Crippen LogP contribution < -0.4 is 10.0 Å². The molecule has 1 aliphatic heterocycles. The number of nitrogens with zero attached hydrogens (tertiary/aromatic N) is 4. The summed E-state index contributed by atoms with van der Waals surface area (Å²) in [6.07, 6.45) is 0.528. The van der Waals surface area contributed by atoms with E-state index in [1.165, 1.54) is 12.1 Å². The molecule has 3 N–H and O–H groups in total. The molecule has 0 bridgehead atoms. The van der Waals surface area contributed by atoms with Crippen molar-refractivity contribution in [3.8, 4) is 0 Å². The van der Waals surface area contributed by atoms with Crippen molar-refractivity contribution in [3.05, 3.63) is 89.7 Å². The van der Waals surface area contributed by atoms with Crippen molar-refractivity contribution in [3.63, 3.8) is 0 Å². The molecule has 226 valence electrons. The molecule has 4 aromatic rings. The molecule has 0 unspecified atom stereocenters. The number of carbonyl (C=O) groups excluding carboxylic acids is 1. The zero-order chi connectivity index (χ0) is 30.4. The molecule has 2 heterocycles. The molecule has 11 nitrogen and oxygen atoms in total. The number of nitrogen functional groups attached to an aromatic ring is 1. The Bertz CT molecular complexity index is 1680. The highest BCUT2D eigenvalue weighted by molar-refractivity contribution is 7.92. The fraction of sp³-hybridized carbons (Fsp3) is 0.323. The molecule has 0 atom stereocenters.